The zero-order valence-electron chi connectivity index (χ0n) is 9.70. The monoisotopic (exact) mass is 219 g/mol. The molecule has 0 aliphatic rings. The van der Waals surface area contributed by atoms with Gasteiger partial charge in [0.15, 0.2) is 0 Å². The standard InChI is InChI=1S/C12H17N3O/c1-3-12(2,9-16)15-8-10-4-5-14-11(6-10)7-13/h4-6,15-16H,3,8-9H2,1-2H3. The number of aromatic nitrogens is 1. The van der Waals surface area contributed by atoms with Crippen LogP contribution in [0, 0.1) is 11.3 Å². The van der Waals surface area contributed by atoms with Gasteiger partial charge in [0.05, 0.1) is 6.61 Å². The average molecular weight is 219 g/mol. The zero-order valence-corrected chi connectivity index (χ0v) is 9.70. The summed E-state index contributed by atoms with van der Waals surface area (Å²) >= 11 is 0. The minimum absolute atomic E-state index is 0.0969. The summed E-state index contributed by atoms with van der Waals surface area (Å²) in [6.07, 6.45) is 2.47. The zero-order chi connectivity index (χ0) is 12.0. The number of hydrogen-bond donors (Lipinski definition) is 2. The van der Waals surface area contributed by atoms with E-state index in [2.05, 4.69) is 10.3 Å². The summed E-state index contributed by atoms with van der Waals surface area (Å²) in [5.74, 6) is 0. The van der Waals surface area contributed by atoms with Gasteiger partial charge < -0.3 is 10.4 Å². The van der Waals surface area contributed by atoms with E-state index in [1.165, 1.54) is 0 Å². The lowest BCUT2D eigenvalue weighted by molar-refractivity contribution is 0.169. The predicted molar refractivity (Wildman–Crippen MR) is 61.6 cm³/mol. The van der Waals surface area contributed by atoms with Gasteiger partial charge in [-0.2, -0.15) is 5.26 Å². The summed E-state index contributed by atoms with van der Waals surface area (Å²) in [4.78, 5) is 3.90. The fourth-order valence-electron chi connectivity index (χ4n) is 1.25. The molecule has 0 spiro atoms. The molecule has 86 valence electrons. The number of aliphatic hydroxyl groups excluding tert-OH is 1. The predicted octanol–water partition coefficient (Wildman–Crippen LogP) is 1.20. The van der Waals surface area contributed by atoms with Gasteiger partial charge in [-0.1, -0.05) is 6.92 Å². The molecule has 0 amide bonds. The molecule has 0 aliphatic carbocycles. The van der Waals surface area contributed by atoms with E-state index in [0.717, 1.165) is 12.0 Å². The van der Waals surface area contributed by atoms with Crippen molar-refractivity contribution in [3.63, 3.8) is 0 Å². The molecule has 1 aromatic heterocycles. The van der Waals surface area contributed by atoms with Crippen LogP contribution in [-0.2, 0) is 6.54 Å². The van der Waals surface area contributed by atoms with Crippen LogP contribution in [0.5, 0.6) is 0 Å². The highest BCUT2D eigenvalue weighted by Gasteiger charge is 2.19. The van der Waals surface area contributed by atoms with E-state index in [-0.39, 0.29) is 12.1 Å². The van der Waals surface area contributed by atoms with Gasteiger partial charge >= 0.3 is 0 Å². The second-order valence-electron chi connectivity index (χ2n) is 4.09. The Morgan fingerprint density at radius 1 is 1.62 bits per heavy atom. The van der Waals surface area contributed by atoms with E-state index >= 15 is 0 Å². The van der Waals surface area contributed by atoms with Gasteiger partial charge in [-0.3, -0.25) is 0 Å². The number of nitrogens with zero attached hydrogens (tertiary/aromatic N) is 2. The summed E-state index contributed by atoms with van der Waals surface area (Å²) in [6.45, 7) is 4.72. The Morgan fingerprint density at radius 2 is 2.38 bits per heavy atom. The quantitative estimate of drug-likeness (QED) is 0.781. The molecule has 2 N–H and O–H groups in total. The first-order valence-electron chi connectivity index (χ1n) is 5.34. The minimum atomic E-state index is -0.268. The van der Waals surface area contributed by atoms with Crippen LogP contribution in [0.15, 0.2) is 18.3 Å². The number of nitrogens with one attached hydrogen (secondary N) is 1. The van der Waals surface area contributed by atoms with Gasteiger partial charge in [0.1, 0.15) is 11.8 Å². The molecule has 0 aromatic carbocycles. The number of nitriles is 1. The Kier molecular flexibility index (Phi) is 4.41. The Morgan fingerprint density at radius 3 is 2.94 bits per heavy atom. The van der Waals surface area contributed by atoms with Crippen LogP contribution in [0.1, 0.15) is 31.5 Å². The molecular weight excluding hydrogens is 202 g/mol. The van der Waals surface area contributed by atoms with Gasteiger partial charge in [-0.15, -0.1) is 0 Å². The Bertz CT molecular complexity index is 380. The molecule has 0 bridgehead atoms. The maximum absolute atomic E-state index is 9.24. The van der Waals surface area contributed by atoms with E-state index in [1.54, 1.807) is 12.3 Å². The first-order valence-corrected chi connectivity index (χ1v) is 5.34. The summed E-state index contributed by atoms with van der Waals surface area (Å²) < 4.78 is 0. The molecule has 0 saturated heterocycles. The average Bonchev–Trinajstić information content (AvgIpc) is 2.36. The summed E-state index contributed by atoms with van der Waals surface area (Å²) in [5.41, 5.74) is 1.15. The molecule has 4 nitrogen and oxygen atoms in total. The van der Waals surface area contributed by atoms with E-state index in [1.807, 2.05) is 26.0 Å². The van der Waals surface area contributed by atoms with Crippen molar-refractivity contribution in [3.8, 4) is 6.07 Å². The highest BCUT2D eigenvalue weighted by Crippen LogP contribution is 2.09. The Labute approximate surface area is 95.9 Å². The molecule has 1 heterocycles. The lowest BCUT2D eigenvalue weighted by Gasteiger charge is -2.27. The number of rotatable bonds is 5. The van der Waals surface area contributed by atoms with Crippen molar-refractivity contribution in [3.05, 3.63) is 29.6 Å². The van der Waals surface area contributed by atoms with Crippen molar-refractivity contribution in [1.29, 1.82) is 5.26 Å². The number of aliphatic hydroxyl groups is 1. The first-order chi connectivity index (χ1) is 7.63. The normalized spacial score (nSPS) is 14.1. The van der Waals surface area contributed by atoms with Crippen molar-refractivity contribution in [1.82, 2.24) is 10.3 Å². The van der Waals surface area contributed by atoms with Gasteiger partial charge in [0.25, 0.3) is 0 Å². The molecule has 0 aliphatic heterocycles. The highest BCUT2D eigenvalue weighted by atomic mass is 16.3. The fourth-order valence-corrected chi connectivity index (χ4v) is 1.25. The van der Waals surface area contributed by atoms with Crippen molar-refractivity contribution >= 4 is 0 Å². The van der Waals surface area contributed by atoms with Crippen LogP contribution in [0.25, 0.3) is 0 Å². The summed E-state index contributed by atoms with van der Waals surface area (Å²) in [7, 11) is 0. The molecule has 1 unspecified atom stereocenters. The molecule has 0 fully saturated rings. The maximum atomic E-state index is 9.24. The molecular formula is C12H17N3O. The van der Waals surface area contributed by atoms with Crippen molar-refractivity contribution < 1.29 is 5.11 Å². The molecule has 0 saturated carbocycles. The molecule has 4 heteroatoms. The number of hydrogen-bond acceptors (Lipinski definition) is 4. The van der Waals surface area contributed by atoms with Crippen LogP contribution in [0.3, 0.4) is 0 Å². The van der Waals surface area contributed by atoms with E-state index in [9.17, 15) is 5.11 Å². The minimum Gasteiger partial charge on any atom is -0.394 e. The second-order valence-corrected chi connectivity index (χ2v) is 4.09. The summed E-state index contributed by atoms with van der Waals surface area (Å²) in [5, 5.41) is 21.2. The van der Waals surface area contributed by atoms with Crippen LogP contribution in [0.2, 0.25) is 0 Å². The van der Waals surface area contributed by atoms with Crippen molar-refractivity contribution in [2.45, 2.75) is 32.4 Å². The topological polar surface area (TPSA) is 68.9 Å². The largest absolute Gasteiger partial charge is 0.394 e. The fraction of sp³-hybridized carbons (Fsp3) is 0.500. The smallest absolute Gasteiger partial charge is 0.140 e. The second kappa shape index (κ2) is 5.59. The maximum Gasteiger partial charge on any atom is 0.140 e. The van der Waals surface area contributed by atoms with E-state index in [0.29, 0.717) is 12.2 Å². The van der Waals surface area contributed by atoms with Crippen LogP contribution in [-0.4, -0.2) is 22.2 Å². The van der Waals surface area contributed by atoms with Gasteiger partial charge in [0.2, 0.25) is 0 Å². The van der Waals surface area contributed by atoms with E-state index in [4.69, 9.17) is 5.26 Å². The SMILES string of the molecule is CCC(C)(CO)NCc1ccnc(C#N)c1. The highest BCUT2D eigenvalue weighted by molar-refractivity contribution is 5.25. The van der Waals surface area contributed by atoms with Crippen molar-refractivity contribution in [2.24, 2.45) is 0 Å². The number of pyridine rings is 1. The Hall–Kier alpha value is -1.44. The van der Waals surface area contributed by atoms with Gasteiger partial charge in [-0.05, 0) is 31.0 Å². The van der Waals surface area contributed by atoms with Gasteiger partial charge in [0, 0.05) is 18.3 Å². The van der Waals surface area contributed by atoms with E-state index < -0.39 is 0 Å². The van der Waals surface area contributed by atoms with Crippen LogP contribution >= 0.6 is 0 Å². The molecule has 1 aromatic rings. The van der Waals surface area contributed by atoms with Crippen molar-refractivity contribution in [2.75, 3.05) is 6.61 Å². The van der Waals surface area contributed by atoms with Crippen LogP contribution < -0.4 is 5.32 Å². The Balaban J connectivity index is 2.64. The third-order valence-electron chi connectivity index (χ3n) is 2.79. The van der Waals surface area contributed by atoms with Gasteiger partial charge in [-0.25, -0.2) is 4.98 Å². The summed E-state index contributed by atoms with van der Waals surface area (Å²) in [6, 6.07) is 5.62. The molecule has 1 atom stereocenters. The van der Waals surface area contributed by atoms with Crippen LogP contribution in [0.4, 0.5) is 0 Å². The lowest BCUT2D eigenvalue weighted by Crippen LogP contribution is -2.44. The third-order valence-corrected chi connectivity index (χ3v) is 2.79. The molecule has 0 radical (unpaired) electrons. The lowest BCUT2D eigenvalue weighted by atomic mass is 10.00. The third kappa shape index (κ3) is 3.30. The molecule has 16 heavy (non-hydrogen) atoms. The molecule has 1 rings (SSSR count). The first kappa shape index (κ1) is 12.6.